The maximum absolute atomic E-state index is 13.8. The minimum absolute atomic E-state index is 0.0438. The number of nitrogens with zero attached hydrogens (tertiary/aromatic N) is 3. The van der Waals surface area contributed by atoms with E-state index in [-0.39, 0.29) is 34.5 Å². The van der Waals surface area contributed by atoms with Gasteiger partial charge in [0.1, 0.15) is 0 Å². The van der Waals surface area contributed by atoms with Crippen LogP contribution in [0.5, 0.6) is 0 Å². The van der Waals surface area contributed by atoms with Gasteiger partial charge in [-0.2, -0.15) is 23.0 Å². The molecule has 1 N–H and O–H groups in total. The van der Waals surface area contributed by atoms with Crippen LogP contribution in [0.25, 0.3) is 16.5 Å². The summed E-state index contributed by atoms with van der Waals surface area (Å²) in [7, 11) is 0. The Morgan fingerprint density at radius 1 is 1.10 bits per heavy atom. The fourth-order valence-electron chi connectivity index (χ4n) is 5.40. The van der Waals surface area contributed by atoms with Crippen molar-refractivity contribution in [2.45, 2.75) is 51.2 Å². The highest BCUT2D eigenvalue weighted by molar-refractivity contribution is 6.34. The third-order valence-electron chi connectivity index (χ3n) is 7.53. The third kappa shape index (κ3) is 4.93. The van der Waals surface area contributed by atoms with Crippen LogP contribution in [-0.2, 0) is 11.0 Å². The second-order valence-corrected chi connectivity index (χ2v) is 10.4. The molecule has 1 aliphatic heterocycles. The van der Waals surface area contributed by atoms with E-state index < -0.39 is 35.1 Å². The lowest BCUT2D eigenvalue weighted by atomic mass is 9.87. The number of carboxylic acid groups (broad SMARTS) is 1. The van der Waals surface area contributed by atoms with E-state index in [9.17, 15) is 32.7 Å². The summed E-state index contributed by atoms with van der Waals surface area (Å²) in [5.74, 6) is -2.77. The van der Waals surface area contributed by atoms with E-state index >= 15 is 0 Å². The monoisotopic (exact) mass is 559 g/mol. The Labute approximate surface area is 226 Å². The van der Waals surface area contributed by atoms with Crippen LogP contribution in [0.2, 0.25) is 5.02 Å². The lowest BCUT2D eigenvalue weighted by Crippen LogP contribution is -2.33. The number of carbonyl (C=O) groups is 3. The van der Waals surface area contributed by atoms with Crippen LogP contribution >= 0.6 is 11.6 Å². The molecule has 1 aromatic heterocycles. The van der Waals surface area contributed by atoms with Gasteiger partial charge in [-0.1, -0.05) is 23.7 Å². The summed E-state index contributed by atoms with van der Waals surface area (Å²) in [6.45, 7) is 2.54. The first-order chi connectivity index (χ1) is 18.5. The molecule has 39 heavy (non-hydrogen) atoms. The lowest BCUT2D eigenvalue weighted by Gasteiger charge is -2.21. The zero-order valence-electron chi connectivity index (χ0n) is 21.0. The van der Waals surface area contributed by atoms with Gasteiger partial charge in [-0.15, -0.1) is 0 Å². The normalized spacial score (nSPS) is 19.8. The summed E-state index contributed by atoms with van der Waals surface area (Å²) >= 11 is 6.13. The molecule has 2 aliphatic rings. The molecule has 0 bridgehead atoms. The second kappa shape index (κ2) is 10.1. The molecule has 204 valence electrons. The van der Waals surface area contributed by atoms with Crippen molar-refractivity contribution in [1.29, 1.82) is 0 Å². The number of amides is 1. The van der Waals surface area contributed by atoms with Crippen molar-refractivity contribution in [2.75, 3.05) is 6.54 Å². The van der Waals surface area contributed by atoms with E-state index in [0.717, 1.165) is 29.7 Å². The number of allylic oxidation sites excluding steroid dienone is 2. The molecule has 7 nitrogen and oxygen atoms in total. The molecule has 11 heteroatoms. The number of carboxylic acids is 1. The number of carbonyl (C=O) groups excluding carboxylic acids is 2. The standard InChI is InChI=1S/C28H25ClF3N3O4/c1-15-4-3-13-34(15)25(36)18-11-12-19-22(14-18)35(33-24(19)16-7-9-17(10-8-16)27(38)39)26(37)23-20(28(30,31)32)5-2-6-21(23)29/h2,5-7,11-12,14-15,17H,3-4,8-10,13H2,1H3,(H,38,39)/t15-,17?/m0/s1. The van der Waals surface area contributed by atoms with Gasteiger partial charge in [0.25, 0.3) is 11.8 Å². The zero-order valence-corrected chi connectivity index (χ0v) is 21.7. The van der Waals surface area contributed by atoms with Crippen LogP contribution in [0.4, 0.5) is 13.2 Å². The molecule has 2 heterocycles. The fraction of sp³-hybridized carbons (Fsp3) is 0.357. The lowest BCUT2D eigenvalue weighted by molar-refractivity contribution is -0.142. The van der Waals surface area contributed by atoms with E-state index in [1.54, 1.807) is 23.1 Å². The van der Waals surface area contributed by atoms with E-state index in [1.165, 1.54) is 12.1 Å². The van der Waals surface area contributed by atoms with Crippen molar-refractivity contribution in [3.05, 3.63) is 69.9 Å². The van der Waals surface area contributed by atoms with Gasteiger partial charge in [0.05, 0.1) is 33.3 Å². The zero-order chi connectivity index (χ0) is 28.1. The largest absolute Gasteiger partial charge is 0.481 e. The number of halogens is 4. The molecule has 0 saturated carbocycles. The van der Waals surface area contributed by atoms with Crippen molar-refractivity contribution in [3.63, 3.8) is 0 Å². The van der Waals surface area contributed by atoms with Crippen LogP contribution in [0.1, 0.15) is 71.0 Å². The topological polar surface area (TPSA) is 92.5 Å². The summed E-state index contributed by atoms with van der Waals surface area (Å²) in [6.07, 6.45) is -0.383. The first-order valence-electron chi connectivity index (χ1n) is 12.6. The summed E-state index contributed by atoms with van der Waals surface area (Å²) in [5.41, 5.74) is -0.430. The van der Waals surface area contributed by atoms with Gasteiger partial charge in [0.2, 0.25) is 0 Å². The number of benzene rings is 2. The maximum Gasteiger partial charge on any atom is 0.417 e. The number of hydrogen-bond donors (Lipinski definition) is 1. The number of aromatic nitrogens is 2. The smallest absolute Gasteiger partial charge is 0.417 e. The van der Waals surface area contributed by atoms with Gasteiger partial charge in [0, 0.05) is 23.5 Å². The van der Waals surface area contributed by atoms with E-state index in [1.807, 2.05) is 6.92 Å². The molecule has 1 aliphatic carbocycles. The van der Waals surface area contributed by atoms with Crippen molar-refractivity contribution in [3.8, 4) is 0 Å². The summed E-state index contributed by atoms with van der Waals surface area (Å²) in [5, 5.41) is 13.9. The maximum atomic E-state index is 13.8. The van der Waals surface area contributed by atoms with Crippen molar-refractivity contribution in [1.82, 2.24) is 14.7 Å². The van der Waals surface area contributed by atoms with E-state index in [2.05, 4.69) is 5.10 Å². The fourth-order valence-corrected chi connectivity index (χ4v) is 5.65. The van der Waals surface area contributed by atoms with Gasteiger partial charge in [-0.3, -0.25) is 14.4 Å². The minimum atomic E-state index is -4.84. The van der Waals surface area contributed by atoms with E-state index in [4.69, 9.17) is 11.6 Å². The van der Waals surface area contributed by atoms with Gasteiger partial charge in [-0.05, 0) is 74.9 Å². The predicted molar refractivity (Wildman–Crippen MR) is 139 cm³/mol. The van der Waals surface area contributed by atoms with Crippen LogP contribution < -0.4 is 0 Å². The Morgan fingerprint density at radius 2 is 1.87 bits per heavy atom. The molecule has 5 rings (SSSR count). The number of likely N-dealkylation sites (tertiary alicyclic amines) is 1. The Morgan fingerprint density at radius 3 is 2.49 bits per heavy atom. The molecule has 1 unspecified atom stereocenters. The molecule has 3 aromatic rings. The van der Waals surface area contributed by atoms with Crippen LogP contribution in [0.15, 0.2) is 42.5 Å². The summed E-state index contributed by atoms with van der Waals surface area (Å²) in [6, 6.07) is 7.88. The second-order valence-electron chi connectivity index (χ2n) is 9.99. The number of fused-ring (bicyclic) bond motifs is 1. The molecule has 1 amide bonds. The molecular formula is C28H25ClF3N3O4. The number of rotatable bonds is 4. The van der Waals surface area contributed by atoms with Gasteiger partial charge in [0.15, 0.2) is 0 Å². The summed E-state index contributed by atoms with van der Waals surface area (Å²) in [4.78, 5) is 40.1. The molecule has 2 atom stereocenters. The highest BCUT2D eigenvalue weighted by atomic mass is 35.5. The molecule has 2 aromatic carbocycles. The molecule has 0 spiro atoms. The number of alkyl halides is 3. The minimum Gasteiger partial charge on any atom is -0.481 e. The molecule has 1 saturated heterocycles. The average molecular weight is 560 g/mol. The average Bonchev–Trinajstić information content (AvgIpc) is 3.50. The quantitative estimate of drug-likeness (QED) is 0.405. The Bertz CT molecular complexity index is 1530. The number of aliphatic carboxylic acids is 1. The Balaban J connectivity index is 1.67. The SMILES string of the molecule is C[C@H]1CCCN1C(=O)c1ccc2c(C3=CCC(C(=O)O)CC3)nn(C(=O)c3c(Cl)cccc3C(F)(F)F)c2c1. The van der Waals surface area contributed by atoms with Crippen molar-refractivity contribution in [2.24, 2.45) is 5.92 Å². The van der Waals surface area contributed by atoms with Gasteiger partial charge >= 0.3 is 12.1 Å². The van der Waals surface area contributed by atoms with Crippen LogP contribution in [0, 0.1) is 5.92 Å². The highest BCUT2D eigenvalue weighted by Gasteiger charge is 2.38. The molecular weight excluding hydrogens is 535 g/mol. The number of hydrogen-bond acceptors (Lipinski definition) is 4. The van der Waals surface area contributed by atoms with Crippen molar-refractivity contribution < 1.29 is 32.7 Å². The third-order valence-corrected chi connectivity index (χ3v) is 7.85. The highest BCUT2D eigenvalue weighted by Crippen LogP contribution is 2.38. The molecule has 0 radical (unpaired) electrons. The van der Waals surface area contributed by atoms with Gasteiger partial charge < -0.3 is 10.0 Å². The van der Waals surface area contributed by atoms with Gasteiger partial charge in [-0.25, -0.2) is 0 Å². The van der Waals surface area contributed by atoms with E-state index in [0.29, 0.717) is 36.0 Å². The van der Waals surface area contributed by atoms with Crippen LogP contribution in [-0.4, -0.2) is 50.2 Å². The Hall–Kier alpha value is -3.66. The molecule has 1 fully saturated rings. The predicted octanol–water partition coefficient (Wildman–Crippen LogP) is 6.29. The van der Waals surface area contributed by atoms with Crippen molar-refractivity contribution >= 4 is 45.9 Å². The van der Waals surface area contributed by atoms with Crippen LogP contribution in [0.3, 0.4) is 0 Å². The first kappa shape index (κ1) is 26.9. The summed E-state index contributed by atoms with van der Waals surface area (Å²) < 4.78 is 42.4. The first-order valence-corrected chi connectivity index (χ1v) is 13.0. The Kier molecular flexibility index (Phi) is 7.00.